The van der Waals surface area contributed by atoms with Gasteiger partial charge in [0.1, 0.15) is 5.60 Å². The van der Waals surface area contributed by atoms with Crippen LogP contribution in [0.2, 0.25) is 0 Å². The number of rotatable bonds is 2. The van der Waals surface area contributed by atoms with Gasteiger partial charge in [0.25, 0.3) is 0 Å². The Labute approximate surface area is 134 Å². The number of likely N-dealkylation sites (tertiary alicyclic amines) is 1. The second-order valence-corrected chi connectivity index (χ2v) is 8.05. The molecule has 1 heterocycles. The Balaban J connectivity index is 1.65. The van der Waals surface area contributed by atoms with Crippen molar-refractivity contribution in [1.29, 1.82) is 0 Å². The van der Waals surface area contributed by atoms with Gasteiger partial charge in [-0.2, -0.15) is 0 Å². The second-order valence-electron chi connectivity index (χ2n) is 7.13. The van der Waals surface area contributed by atoms with Gasteiger partial charge in [-0.25, -0.2) is 4.79 Å². The van der Waals surface area contributed by atoms with E-state index >= 15 is 0 Å². The molecular formula is C17H22BrNO2. The number of hydrogen-bond donors (Lipinski definition) is 0. The topological polar surface area (TPSA) is 29.5 Å². The summed E-state index contributed by atoms with van der Waals surface area (Å²) < 4.78 is 6.56. The number of hydrogen-bond acceptors (Lipinski definition) is 2. The Kier molecular flexibility index (Phi) is 3.76. The summed E-state index contributed by atoms with van der Waals surface area (Å²) in [5.74, 6) is 1.19. The van der Waals surface area contributed by atoms with Crippen molar-refractivity contribution in [2.75, 3.05) is 13.1 Å². The van der Waals surface area contributed by atoms with Crippen LogP contribution in [0.4, 0.5) is 4.79 Å². The van der Waals surface area contributed by atoms with E-state index in [1.54, 1.807) is 4.90 Å². The summed E-state index contributed by atoms with van der Waals surface area (Å²) in [6.45, 7) is 7.26. The van der Waals surface area contributed by atoms with Gasteiger partial charge in [-0.05, 0) is 62.8 Å². The first-order chi connectivity index (χ1) is 9.83. The first-order valence-corrected chi connectivity index (χ1v) is 8.40. The van der Waals surface area contributed by atoms with Crippen molar-refractivity contribution in [3.05, 3.63) is 33.8 Å². The molecule has 114 valence electrons. The lowest BCUT2D eigenvalue weighted by Gasteiger charge is -2.40. The molecule has 1 saturated heterocycles. The van der Waals surface area contributed by atoms with E-state index in [2.05, 4.69) is 34.1 Å². The third-order valence-electron chi connectivity index (χ3n) is 4.04. The summed E-state index contributed by atoms with van der Waals surface area (Å²) >= 11 is 3.57. The summed E-state index contributed by atoms with van der Waals surface area (Å²) in [6.07, 6.45) is 2.40. The van der Waals surface area contributed by atoms with Gasteiger partial charge in [-0.3, -0.25) is 0 Å². The largest absolute Gasteiger partial charge is 0.444 e. The van der Waals surface area contributed by atoms with Crippen LogP contribution in [0.3, 0.4) is 0 Å². The standard InChI is InChI=1S/C17H22BrNO2/c1-17(2,3)21-16(20)19-9-12(10-19)14-7-6-13(18)8-15(14)11-4-5-11/h6-8,11-12H,4-5,9-10H2,1-3H3. The number of nitrogens with zero attached hydrogens (tertiary/aromatic N) is 1. The van der Waals surface area contributed by atoms with Gasteiger partial charge in [-0.15, -0.1) is 0 Å². The van der Waals surface area contributed by atoms with Gasteiger partial charge < -0.3 is 9.64 Å². The normalized spacial score (nSPS) is 19.3. The number of ether oxygens (including phenoxy) is 1. The first kappa shape index (κ1) is 14.9. The van der Waals surface area contributed by atoms with Crippen molar-refractivity contribution in [2.24, 2.45) is 0 Å². The van der Waals surface area contributed by atoms with Crippen LogP contribution in [-0.4, -0.2) is 29.7 Å². The third-order valence-corrected chi connectivity index (χ3v) is 4.53. The van der Waals surface area contributed by atoms with Crippen LogP contribution in [0.25, 0.3) is 0 Å². The van der Waals surface area contributed by atoms with Crippen LogP contribution in [0.15, 0.2) is 22.7 Å². The molecule has 0 spiro atoms. The van der Waals surface area contributed by atoms with E-state index in [4.69, 9.17) is 4.74 Å². The van der Waals surface area contributed by atoms with Crippen molar-refractivity contribution in [2.45, 2.75) is 51.0 Å². The van der Waals surface area contributed by atoms with E-state index < -0.39 is 5.60 Å². The van der Waals surface area contributed by atoms with Gasteiger partial charge in [0, 0.05) is 23.5 Å². The van der Waals surface area contributed by atoms with E-state index in [0.29, 0.717) is 5.92 Å². The highest BCUT2D eigenvalue weighted by atomic mass is 79.9. The lowest BCUT2D eigenvalue weighted by atomic mass is 9.87. The molecule has 0 N–H and O–H groups in total. The number of benzene rings is 1. The van der Waals surface area contributed by atoms with Crippen molar-refractivity contribution in [1.82, 2.24) is 4.90 Å². The Morgan fingerprint density at radius 2 is 1.86 bits per heavy atom. The molecule has 3 rings (SSSR count). The molecule has 1 saturated carbocycles. The lowest BCUT2D eigenvalue weighted by molar-refractivity contribution is 0.00812. The van der Waals surface area contributed by atoms with E-state index in [-0.39, 0.29) is 6.09 Å². The second kappa shape index (κ2) is 5.31. The molecule has 3 nitrogen and oxygen atoms in total. The minimum atomic E-state index is -0.418. The molecule has 0 radical (unpaired) electrons. The van der Waals surface area contributed by atoms with Gasteiger partial charge in [-0.1, -0.05) is 22.0 Å². The van der Waals surface area contributed by atoms with Crippen LogP contribution in [0.1, 0.15) is 56.6 Å². The number of amides is 1. The molecule has 0 unspecified atom stereocenters. The van der Waals surface area contributed by atoms with Crippen LogP contribution in [0.5, 0.6) is 0 Å². The smallest absolute Gasteiger partial charge is 0.410 e. The van der Waals surface area contributed by atoms with Gasteiger partial charge in [0.05, 0.1) is 0 Å². The molecular weight excluding hydrogens is 330 g/mol. The molecule has 1 aromatic carbocycles. The molecule has 21 heavy (non-hydrogen) atoms. The minimum absolute atomic E-state index is 0.191. The van der Waals surface area contributed by atoms with E-state index in [1.807, 2.05) is 20.8 Å². The number of carbonyl (C=O) groups excluding carboxylic acids is 1. The van der Waals surface area contributed by atoms with Gasteiger partial charge in [0.15, 0.2) is 0 Å². The molecule has 1 aliphatic carbocycles. The van der Waals surface area contributed by atoms with Crippen molar-refractivity contribution >= 4 is 22.0 Å². The van der Waals surface area contributed by atoms with Crippen LogP contribution >= 0.6 is 15.9 Å². The van der Waals surface area contributed by atoms with E-state index in [0.717, 1.165) is 23.5 Å². The molecule has 0 aromatic heterocycles. The predicted octanol–water partition coefficient (Wildman–Crippen LogP) is 4.66. The van der Waals surface area contributed by atoms with Crippen LogP contribution in [0, 0.1) is 0 Å². The fraction of sp³-hybridized carbons (Fsp3) is 0.588. The monoisotopic (exact) mass is 351 g/mol. The fourth-order valence-electron chi connectivity index (χ4n) is 2.82. The molecule has 4 heteroatoms. The molecule has 1 amide bonds. The summed E-state index contributed by atoms with van der Waals surface area (Å²) in [4.78, 5) is 13.8. The fourth-order valence-corrected chi connectivity index (χ4v) is 3.19. The maximum absolute atomic E-state index is 12.0. The van der Waals surface area contributed by atoms with Gasteiger partial charge in [0.2, 0.25) is 0 Å². The summed E-state index contributed by atoms with van der Waals surface area (Å²) in [5, 5.41) is 0. The van der Waals surface area contributed by atoms with Crippen molar-refractivity contribution in [3.63, 3.8) is 0 Å². The SMILES string of the molecule is CC(C)(C)OC(=O)N1CC(c2ccc(Br)cc2C2CC2)C1. The Morgan fingerprint density at radius 3 is 2.43 bits per heavy atom. The quantitative estimate of drug-likeness (QED) is 0.775. The maximum atomic E-state index is 12.0. The Bertz CT molecular complexity index is 554. The summed E-state index contributed by atoms with van der Waals surface area (Å²) in [7, 11) is 0. The highest BCUT2D eigenvalue weighted by molar-refractivity contribution is 9.10. The van der Waals surface area contributed by atoms with Gasteiger partial charge >= 0.3 is 6.09 Å². The van der Waals surface area contributed by atoms with E-state index in [1.165, 1.54) is 24.0 Å². The summed E-state index contributed by atoms with van der Waals surface area (Å²) in [5.41, 5.74) is 2.47. The average Bonchev–Trinajstić information content (AvgIpc) is 3.10. The molecule has 0 bridgehead atoms. The number of halogens is 1. The molecule has 2 fully saturated rings. The molecule has 0 atom stereocenters. The maximum Gasteiger partial charge on any atom is 0.410 e. The predicted molar refractivity (Wildman–Crippen MR) is 86.7 cm³/mol. The lowest BCUT2D eigenvalue weighted by Crippen LogP contribution is -2.50. The molecule has 1 aromatic rings. The average molecular weight is 352 g/mol. The van der Waals surface area contributed by atoms with Crippen LogP contribution < -0.4 is 0 Å². The zero-order chi connectivity index (χ0) is 15.2. The molecule has 2 aliphatic rings. The van der Waals surface area contributed by atoms with Crippen LogP contribution in [-0.2, 0) is 4.74 Å². The highest BCUT2D eigenvalue weighted by Gasteiger charge is 2.37. The highest BCUT2D eigenvalue weighted by Crippen LogP contribution is 2.45. The minimum Gasteiger partial charge on any atom is -0.444 e. The Hall–Kier alpha value is -1.03. The number of carbonyl (C=O) groups is 1. The van der Waals surface area contributed by atoms with Crippen molar-refractivity contribution < 1.29 is 9.53 Å². The van der Waals surface area contributed by atoms with Crippen molar-refractivity contribution in [3.8, 4) is 0 Å². The molecule has 1 aliphatic heterocycles. The Morgan fingerprint density at radius 1 is 1.19 bits per heavy atom. The summed E-state index contributed by atoms with van der Waals surface area (Å²) in [6, 6.07) is 6.58. The zero-order valence-corrected chi connectivity index (χ0v) is 14.4. The third kappa shape index (κ3) is 3.42. The van der Waals surface area contributed by atoms with E-state index in [9.17, 15) is 4.79 Å². The first-order valence-electron chi connectivity index (χ1n) is 7.61. The zero-order valence-electron chi connectivity index (χ0n) is 12.9.